The predicted octanol–water partition coefficient (Wildman–Crippen LogP) is 4.35. The molecular formula is C27H31N5O8. The van der Waals surface area contributed by atoms with Crippen LogP contribution in [0.25, 0.3) is 0 Å². The van der Waals surface area contributed by atoms with Crippen molar-refractivity contribution in [3.8, 4) is 5.75 Å². The number of amides is 2. The molecule has 212 valence electrons. The summed E-state index contributed by atoms with van der Waals surface area (Å²) >= 11 is 0. The Bertz CT molecular complexity index is 1290. The largest absolute Gasteiger partial charge is 0.514 e. The Morgan fingerprint density at radius 2 is 1.38 bits per heavy atom. The number of anilines is 4. The molecule has 0 aromatic heterocycles. The first-order chi connectivity index (χ1) is 19.0. The Balaban J connectivity index is 0.000000469. The van der Waals surface area contributed by atoms with Crippen molar-refractivity contribution in [2.75, 3.05) is 22.1 Å². The van der Waals surface area contributed by atoms with Crippen LogP contribution < -0.4 is 26.8 Å². The van der Waals surface area contributed by atoms with Crippen molar-refractivity contribution >= 4 is 46.4 Å². The van der Waals surface area contributed by atoms with E-state index in [1.807, 2.05) is 0 Å². The number of carbonyl (C=O) groups excluding carboxylic acids is 3. The summed E-state index contributed by atoms with van der Waals surface area (Å²) in [7, 11) is 0. The second kappa shape index (κ2) is 15.3. The highest BCUT2D eigenvalue weighted by molar-refractivity contribution is 5.94. The quantitative estimate of drug-likeness (QED) is 0.0831. The highest BCUT2D eigenvalue weighted by Crippen LogP contribution is 2.22. The fourth-order valence-electron chi connectivity index (χ4n) is 3.16. The fourth-order valence-corrected chi connectivity index (χ4v) is 3.16. The second-order valence-electron chi connectivity index (χ2n) is 8.28. The van der Waals surface area contributed by atoms with Gasteiger partial charge < -0.3 is 36.7 Å². The Morgan fingerprint density at radius 3 is 1.82 bits per heavy atom. The highest BCUT2D eigenvalue weighted by atomic mass is 16.7. The molecule has 7 N–H and O–H groups in total. The third kappa shape index (κ3) is 10.7. The molecule has 0 saturated carbocycles. The van der Waals surface area contributed by atoms with Crippen molar-refractivity contribution in [1.29, 1.82) is 0 Å². The minimum absolute atomic E-state index is 0.0186. The van der Waals surface area contributed by atoms with Gasteiger partial charge in [-0.2, -0.15) is 0 Å². The van der Waals surface area contributed by atoms with Gasteiger partial charge in [0.25, 0.3) is 5.69 Å². The number of rotatable bonds is 9. The molecule has 0 saturated heterocycles. The molecular weight excluding hydrogens is 522 g/mol. The highest BCUT2D eigenvalue weighted by Gasteiger charge is 2.11. The minimum atomic E-state index is -1.01. The van der Waals surface area contributed by atoms with E-state index >= 15 is 0 Å². The van der Waals surface area contributed by atoms with E-state index in [-0.39, 0.29) is 49.3 Å². The smallest absolute Gasteiger partial charge is 0.429 e. The van der Waals surface area contributed by atoms with Gasteiger partial charge in [-0.15, -0.1) is 0 Å². The average molecular weight is 554 g/mol. The number of nitro benzene ring substituents is 1. The van der Waals surface area contributed by atoms with E-state index in [0.717, 1.165) is 5.56 Å². The zero-order valence-corrected chi connectivity index (χ0v) is 22.0. The van der Waals surface area contributed by atoms with E-state index in [4.69, 9.17) is 26.0 Å². The van der Waals surface area contributed by atoms with Crippen LogP contribution in [0.1, 0.15) is 37.8 Å². The molecule has 2 amide bonds. The van der Waals surface area contributed by atoms with Gasteiger partial charge in [0.1, 0.15) is 12.4 Å². The minimum Gasteiger partial charge on any atom is -0.429 e. The molecule has 0 spiro atoms. The number of carbonyl (C=O) groups is 3. The zero-order chi connectivity index (χ0) is 29.7. The third-order valence-corrected chi connectivity index (χ3v) is 5.03. The summed E-state index contributed by atoms with van der Waals surface area (Å²) in [5.74, 6) is -0.331. The van der Waals surface area contributed by atoms with Crippen LogP contribution in [0.15, 0.2) is 60.7 Å². The van der Waals surface area contributed by atoms with E-state index in [9.17, 15) is 24.5 Å². The van der Waals surface area contributed by atoms with Crippen LogP contribution in [-0.2, 0) is 27.5 Å². The number of non-ortho nitro benzene ring substituents is 1. The lowest BCUT2D eigenvalue weighted by Crippen LogP contribution is -2.14. The number of nitrogens with two attached hydrogens (primary N) is 2. The molecule has 0 aliphatic rings. The van der Waals surface area contributed by atoms with Crippen LogP contribution in [0, 0.1) is 10.1 Å². The number of aliphatic hydroxyl groups is 1. The maximum atomic E-state index is 11.9. The Kier molecular flexibility index (Phi) is 11.9. The van der Waals surface area contributed by atoms with Crippen LogP contribution >= 0.6 is 0 Å². The normalized spacial score (nSPS) is 9.97. The number of hydrogen-bond donors (Lipinski definition) is 5. The Morgan fingerprint density at radius 1 is 0.850 bits per heavy atom. The Labute approximate surface area is 230 Å². The van der Waals surface area contributed by atoms with Gasteiger partial charge in [-0.3, -0.25) is 19.7 Å². The maximum absolute atomic E-state index is 11.9. The van der Waals surface area contributed by atoms with E-state index in [0.29, 0.717) is 28.3 Å². The van der Waals surface area contributed by atoms with Gasteiger partial charge in [-0.05, 0) is 59.7 Å². The van der Waals surface area contributed by atoms with Gasteiger partial charge in [0.05, 0.1) is 11.5 Å². The zero-order valence-electron chi connectivity index (χ0n) is 22.0. The lowest BCUT2D eigenvalue weighted by molar-refractivity contribution is -0.384. The first-order valence-corrected chi connectivity index (χ1v) is 12.1. The predicted molar refractivity (Wildman–Crippen MR) is 149 cm³/mol. The molecule has 0 heterocycles. The summed E-state index contributed by atoms with van der Waals surface area (Å²) in [5, 5.41) is 24.7. The van der Waals surface area contributed by atoms with E-state index < -0.39 is 11.1 Å². The van der Waals surface area contributed by atoms with Crippen molar-refractivity contribution in [2.45, 2.75) is 39.9 Å². The molecule has 40 heavy (non-hydrogen) atoms. The van der Waals surface area contributed by atoms with Gasteiger partial charge in [-0.1, -0.05) is 13.8 Å². The van der Waals surface area contributed by atoms with Crippen LogP contribution in [-0.4, -0.2) is 28.0 Å². The molecule has 0 bridgehead atoms. The third-order valence-electron chi connectivity index (χ3n) is 5.03. The van der Waals surface area contributed by atoms with E-state index in [1.54, 1.807) is 50.2 Å². The standard InChI is InChI=1S/C20H21N3O7.C7H10N2O/c1-3-18(24)21-14-9-13(10-15(11-14)22-19(25)4-2)12-29-20(26)30-17-7-5-16(6-8-17)23(27)28;8-6-1-5(4-10)2-7(9)3-6/h5-11H,3-4,12H2,1-2H3,(H,21,24)(H,22,25);1-3,10H,4,8-9H2. The molecule has 0 aliphatic carbocycles. The number of nitrogens with zero attached hydrogens (tertiary/aromatic N) is 1. The molecule has 3 aromatic rings. The first kappa shape index (κ1) is 31.1. The molecule has 0 fully saturated rings. The van der Waals surface area contributed by atoms with Crippen LogP contribution in [0.3, 0.4) is 0 Å². The van der Waals surface area contributed by atoms with Crippen LogP contribution in [0.5, 0.6) is 5.75 Å². The van der Waals surface area contributed by atoms with E-state index in [2.05, 4.69) is 10.6 Å². The molecule has 0 unspecified atom stereocenters. The van der Waals surface area contributed by atoms with Gasteiger partial charge >= 0.3 is 6.16 Å². The molecule has 0 atom stereocenters. The number of hydrogen-bond acceptors (Lipinski definition) is 10. The molecule has 13 heteroatoms. The van der Waals surface area contributed by atoms with E-state index in [1.165, 1.54) is 24.3 Å². The van der Waals surface area contributed by atoms with Crippen molar-refractivity contribution in [2.24, 2.45) is 0 Å². The topological polar surface area (TPSA) is 209 Å². The average Bonchev–Trinajstić information content (AvgIpc) is 2.91. The summed E-state index contributed by atoms with van der Waals surface area (Å²) < 4.78 is 10.0. The molecule has 0 aliphatic heterocycles. The lowest BCUT2D eigenvalue weighted by atomic mass is 10.1. The van der Waals surface area contributed by atoms with Gasteiger partial charge in [0.15, 0.2) is 0 Å². The summed E-state index contributed by atoms with van der Waals surface area (Å²) in [4.78, 5) is 45.3. The monoisotopic (exact) mass is 553 g/mol. The van der Waals surface area contributed by atoms with Crippen molar-refractivity contribution in [3.05, 3.63) is 81.9 Å². The van der Waals surface area contributed by atoms with Crippen molar-refractivity contribution < 1.29 is 33.9 Å². The summed E-state index contributed by atoms with van der Waals surface area (Å²) in [6.45, 7) is 3.21. The number of ether oxygens (including phenoxy) is 2. The van der Waals surface area contributed by atoms with Crippen molar-refractivity contribution in [3.63, 3.8) is 0 Å². The molecule has 0 radical (unpaired) electrons. The number of aliphatic hydroxyl groups excluding tert-OH is 1. The van der Waals surface area contributed by atoms with Crippen LogP contribution in [0.4, 0.5) is 33.2 Å². The number of nitro groups is 1. The lowest BCUT2D eigenvalue weighted by Gasteiger charge is -2.12. The summed E-state index contributed by atoms with van der Waals surface area (Å²) in [6.07, 6.45) is -0.455. The van der Waals surface area contributed by atoms with Gasteiger partial charge in [-0.25, -0.2) is 4.79 Å². The van der Waals surface area contributed by atoms with Crippen molar-refractivity contribution in [1.82, 2.24) is 0 Å². The number of nitrogen functional groups attached to an aromatic ring is 2. The summed E-state index contributed by atoms with van der Waals surface area (Å²) in [5.41, 5.74) is 14.1. The fraction of sp³-hybridized carbons (Fsp3) is 0.222. The number of benzene rings is 3. The van der Waals surface area contributed by atoms with Crippen LogP contribution in [0.2, 0.25) is 0 Å². The number of nitrogens with one attached hydrogen (secondary N) is 2. The molecule has 3 aromatic carbocycles. The SMILES string of the molecule is CCC(=O)Nc1cc(COC(=O)Oc2ccc([N+](=O)[O-])cc2)cc(NC(=O)CC)c1.Nc1cc(N)cc(CO)c1. The molecule has 3 rings (SSSR count). The van der Waals surface area contributed by atoms with Gasteiger partial charge in [0.2, 0.25) is 11.8 Å². The Hall–Kier alpha value is -5.17. The maximum Gasteiger partial charge on any atom is 0.514 e. The second-order valence-corrected chi connectivity index (χ2v) is 8.28. The first-order valence-electron chi connectivity index (χ1n) is 12.1. The van der Waals surface area contributed by atoms with Gasteiger partial charge in [0, 0.05) is 47.7 Å². The summed E-state index contributed by atoms with van der Waals surface area (Å²) in [6, 6.07) is 14.8. The molecule has 13 nitrogen and oxygen atoms in total.